The number of rotatable bonds is 4. The molecule has 0 spiro atoms. The molecule has 1 rings (SSSR count). The van der Waals surface area contributed by atoms with Gasteiger partial charge in [0, 0.05) is 18.2 Å². The molecule has 13 heavy (non-hydrogen) atoms. The molecule has 0 saturated heterocycles. The van der Waals surface area contributed by atoms with Crippen LogP contribution >= 0.6 is 23.2 Å². The van der Waals surface area contributed by atoms with E-state index in [1.165, 1.54) is 0 Å². The van der Waals surface area contributed by atoms with E-state index in [9.17, 15) is 0 Å². The molecule has 1 aromatic rings. The van der Waals surface area contributed by atoms with Crippen LogP contribution in [0.4, 0.5) is 5.69 Å². The predicted molar refractivity (Wildman–Crippen MR) is 56.7 cm³/mol. The maximum absolute atomic E-state index is 8.57. The highest BCUT2D eigenvalue weighted by molar-refractivity contribution is 6.35. The van der Waals surface area contributed by atoms with Gasteiger partial charge in [-0.3, -0.25) is 0 Å². The zero-order valence-corrected chi connectivity index (χ0v) is 8.57. The highest BCUT2D eigenvalue weighted by Gasteiger charge is 1.99. The molecule has 0 radical (unpaired) electrons. The summed E-state index contributed by atoms with van der Waals surface area (Å²) in [5.41, 5.74) is 0.808. The summed E-state index contributed by atoms with van der Waals surface area (Å²) in [6.45, 7) is 0.863. The Balaban J connectivity index is 2.59. The summed E-state index contributed by atoms with van der Waals surface area (Å²) in [5.74, 6) is 0. The highest BCUT2D eigenvalue weighted by atomic mass is 35.5. The number of nitrogens with one attached hydrogen (secondary N) is 1. The largest absolute Gasteiger partial charge is 0.396 e. The highest BCUT2D eigenvalue weighted by Crippen LogP contribution is 2.25. The van der Waals surface area contributed by atoms with Crippen LogP contribution in [0.25, 0.3) is 0 Å². The quantitative estimate of drug-likeness (QED) is 0.764. The first kappa shape index (κ1) is 10.6. The fourth-order valence-corrected chi connectivity index (χ4v) is 1.29. The molecule has 72 valence electrons. The normalized spacial score (nSPS) is 10.1. The first-order valence-electron chi connectivity index (χ1n) is 4.04. The second-order valence-electron chi connectivity index (χ2n) is 2.63. The summed E-state index contributed by atoms with van der Waals surface area (Å²) in [6.07, 6.45) is 0.697. The summed E-state index contributed by atoms with van der Waals surface area (Å²) < 4.78 is 0. The van der Waals surface area contributed by atoms with Gasteiger partial charge in [-0.25, -0.2) is 0 Å². The SMILES string of the molecule is OCCCNc1cc(Cl)ccc1Cl. The van der Waals surface area contributed by atoms with Gasteiger partial charge in [0.05, 0.1) is 10.7 Å². The van der Waals surface area contributed by atoms with E-state index in [4.69, 9.17) is 28.3 Å². The summed E-state index contributed by atoms with van der Waals surface area (Å²) in [4.78, 5) is 0. The molecule has 0 bridgehead atoms. The van der Waals surface area contributed by atoms with Crippen molar-refractivity contribution in [2.45, 2.75) is 6.42 Å². The van der Waals surface area contributed by atoms with Gasteiger partial charge in [-0.2, -0.15) is 0 Å². The molecule has 2 nitrogen and oxygen atoms in total. The maximum atomic E-state index is 8.57. The van der Waals surface area contributed by atoms with Crippen LogP contribution in [-0.2, 0) is 0 Å². The minimum absolute atomic E-state index is 0.172. The Hall–Kier alpha value is -0.440. The molecule has 0 aliphatic rings. The molecule has 0 saturated carbocycles. The average molecular weight is 220 g/mol. The first-order chi connectivity index (χ1) is 6.24. The van der Waals surface area contributed by atoms with E-state index in [2.05, 4.69) is 5.32 Å². The van der Waals surface area contributed by atoms with Gasteiger partial charge in [0.25, 0.3) is 0 Å². The van der Waals surface area contributed by atoms with Gasteiger partial charge < -0.3 is 10.4 Å². The zero-order valence-electron chi connectivity index (χ0n) is 7.06. The van der Waals surface area contributed by atoms with Crippen LogP contribution in [0.15, 0.2) is 18.2 Å². The number of benzene rings is 1. The van der Waals surface area contributed by atoms with E-state index >= 15 is 0 Å². The fraction of sp³-hybridized carbons (Fsp3) is 0.333. The summed E-state index contributed by atoms with van der Waals surface area (Å²) in [6, 6.07) is 5.24. The minimum atomic E-state index is 0.172. The van der Waals surface area contributed by atoms with E-state index in [0.29, 0.717) is 23.0 Å². The molecule has 0 atom stereocenters. The Kier molecular flexibility index (Phi) is 4.36. The molecule has 1 aromatic carbocycles. The Morgan fingerprint density at radius 3 is 2.77 bits per heavy atom. The third-order valence-electron chi connectivity index (χ3n) is 1.58. The molecule has 0 aromatic heterocycles. The Morgan fingerprint density at radius 1 is 1.31 bits per heavy atom. The monoisotopic (exact) mass is 219 g/mol. The smallest absolute Gasteiger partial charge is 0.0638 e. The molecular weight excluding hydrogens is 209 g/mol. The molecule has 0 aliphatic carbocycles. The van der Waals surface area contributed by atoms with E-state index in [1.807, 2.05) is 0 Å². The lowest BCUT2D eigenvalue weighted by Crippen LogP contribution is -2.03. The van der Waals surface area contributed by atoms with Gasteiger partial charge in [0.2, 0.25) is 0 Å². The lowest BCUT2D eigenvalue weighted by atomic mass is 10.3. The van der Waals surface area contributed by atoms with Gasteiger partial charge in [0.15, 0.2) is 0 Å². The van der Waals surface area contributed by atoms with Crippen LogP contribution in [0.2, 0.25) is 10.0 Å². The van der Waals surface area contributed by atoms with Crippen molar-refractivity contribution in [2.75, 3.05) is 18.5 Å². The average Bonchev–Trinajstić information content (AvgIpc) is 2.11. The van der Waals surface area contributed by atoms with Crippen molar-refractivity contribution < 1.29 is 5.11 Å². The molecule has 0 aliphatic heterocycles. The van der Waals surface area contributed by atoms with Gasteiger partial charge in [0.1, 0.15) is 0 Å². The van der Waals surface area contributed by atoms with Crippen molar-refractivity contribution in [3.8, 4) is 0 Å². The van der Waals surface area contributed by atoms with Crippen LogP contribution in [-0.4, -0.2) is 18.3 Å². The van der Waals surface area contributed by atoms with Crippen LogP contribution in [0.1, 0.15) is 6.42 Å². The van der Waals surface area contributed by atoms with Crippen molar-refractivity contribution in [3.63, 3.8) is 0 Å². The van der Waals surface area contributed by atoms with Crippen LogP contribution in [0.5, 0.6) is 0 Å². The zero-order chi connectivity index (χ0) is 9.68. The Labute approximate surface area is 87.5 Å². The van der Waals surface area contributed by atoms with Gasteiger partial charge in [-0.15, -0.1) is 0 Å². The first-order valence-corrected chi connectivity index (χ1v) is 4.79. The van der Waals surface area contributed by atoms with Crippen molar-refractivity contribution in [3.05, 3.63) is 28.2 Å². The van der Waals surface area contributed by atoms with E-state index in [-0.39, 0.29) is 6.61 Å². The molecule has 0 unspecified atom stereocenters. The van der Waals surface area contributed by atoms with Gasteiger partial charge >= 0.3 is 0 Å². The number of anilines is 1. The van der Waals surface area contributed by atoms with Crippen LogP contribution < -0.4 is 5.32 Å². The number of halogens is 2. The van der Waals surface area contributed by atoms with Gasteiger partial charge in [-0.05, 0) is 24.6 Å². The standard InChI is InChI=1S/C9H11Cl2NO/c10-7-2-3-8(11)9(6-7)12-4-1-5-13/h2-3,6,12-13H,1,4-5H2. The van der Waals surface area contributed by atoms with E-state index in [0.717, 1.165) is 5.69 Å². The third-order valence-corrected chi connectivity index (χ3v) is 2.14. The molecule has 0 amide bonds. The second-order valence-corrected chi connectivity index (χ2v) is 3.47. The lowest BCUT2D eigenvalue weighted by Gasteiger charge is -2.07. The van der Waals surface area contributed by atoms with Crippen molar-refractivity contribution in [1.82, 2.24) is 0 Å². The van der Waals surface area contributed by atoms with Crippen molar-refractivity contribution in [1.29, 1.82) is 0 Å². The fourth-order valence-electron chi connectivity index (χ4n) is 0.935. The molecule has 2 N–H and O–H groups in total. The summed E-state index contributed by atoms with van der Waals surface area (Å²) in [7, 11) is 0. The molecule has 0 fully saturated rings. The summed E-state index contributed by atoms with van der Waals surface area (Å²) >= 11 is 11.7. The Bertz CT molecular complexity index is 278. The van der Waals surface area contributed by atoms with Gasteiger partial charge in [-0.1, -0.05) is 23.2 Å². The molecular formula is C9H11Cl2NO. The molecule has 4 heteroatoms. The predicted octanol–water partition coefficient (Wildman–Crippen LogP) is 2.79. The third kappa shape index (κ3) is 3.43. The molecule has 0 heterocycles. The topological polar surface area (TPSA) is 32.3 Å². The van der Waals surface area contributed by atoms with Crippen LogP contribution in [0, 0.1) is 0 Å². The van der Waals surface area contributed by atoms with E-state index < -0.39 is 0 Å². The number of hydrogen-bond acceptors (Lipinski definition) is 2. The number of aliphatic hydroxyl groups is 1. The maximum Gasteiger partial charge on any atom is 0.0638 e. The van der Waals surface area contributed by atoms with Crippen molar-refractivity contribution >= 4 is 28.9 Å². The second kappa shape index (κ2) is 5.32. The lowest BCUT2D eigenvalue weighted by molar-refractivity contribution is 0.292. The van der Waals surface area contributed by atoms with Crippen molar-refractivity contribution in [2.24, 2.45) is 0 Å². The van der Waals surface area contributed by atoms with Crippen LogP contribution in [0.3, 0.4) is 0 Å². The Morgan fingerprint density at radius 2 is 2.08 bits per heavy atom. The minimum Gasteiger partial charge on any atom is -0.396 e. The number of aliphatic hydroxyl groups excluding tert-OH is 1. The summed E-state index contributed by atoms with van der Waals surface area (Å²) in [5, 5.41) is 12.9. The number of hydrogen-bond donors (Lipinski definition) is 2. The van der Waals surface area contributed by atoms with E-state index in [1.54, 1.807) is 18.2 Å².